The highest BCUT2D eigenvalue weighted by atomic mass is 16.6. The minimum Gasteiger partial charge on any atom is -0.465 e. The monoisotopic (exact) mass is 580 g/mol. The highest BCUT2D eigenvalue weighted by Crippen LogP contribution is 2.66. The Morgan fingerprint density at radius 1 is 1.24 bits per heavy atom. The standard InChI is InChI=1S/C34H48N2O6/c1-7-10-11-15-20-41-32(40)28-27-30(38)36(26(22-37)25-17-13-12-14-18-25)29(34(27)21-23(4)33(28,6)42-34)31(39)35(19-9-3)24(5)16-8-2/h7,9,12-14,17-18,23-24,26-29,37H,1,3,8,10-11,15-16,19-22H2,2,4-6H3/t23?,24?,26-,27+,28-,29?,33+,34?/m1/s1. The maximum absolute atomic E-state index is 14.7. The zero-order valence-corrected chi connectivity index (χ0v) is 25.7. The van der Waals surface area contributed by atoms with Gasteiger partial charge in [0, 0.05) is 12.6 Å². The van der Waals surface area contributed by atoms with E-state index in [1.807, 2.05) is 57.2 Å². The second-order valence-corrected chi connectivity index (χ2v) is 12.4. The van der Waals surface area contributed by atoms with Gasteiger partial charge in [0.2, 0.25) is 11.8 Å². The Morgan fingerprint density at radius 2 is 1.95 bits per heavy atom. The number of carbonyl (C=O) groups excluding carboxylic acids is 3. The second kappa shape index (κ2) is 13.1. The van der Waals surface area contributed by atoms with Crippen molar-refractivity contribution in [3.63, 3.8) is 0 Å². The van der Waals surface area contributed by atoms with E-state index in [0.29, 0.717) is 19.4 Å². The van der Waals surface area contributed by atoms with Crippen LogP contribution in [0, 0.1) is 17.8 Å². The number of aliphatic hydroxyl groups is 1. The summed E-state index contributed by atoms with van der Waals surface area (Å²) in [7, 11) is 0. The molecule has 2 bridgehead atoms. The number of rotatable bonds is 15. The van der Waals surface area contributed by atoms with E-state index in [9.17, 15) is 19.5 Å². The van der Waals surface area contributed by atoms with E-state index in [-0.39, 0.29) is 37.0 Å². The van der Waals surface area contributed by atoms with Crippen LogP contribution in [0.4, 0.5) is 0 Å². The van der Waals surface area contributed by atoms with Gasteiger partial charge in [0.05, 0.1) is 30.8 Å². The number of fused-ring (bicyclic) bond motifs is 1. The minimum absolute atomic E-state index is 0.0969. The molecule has 1 spiro atoms. The summed E-state index contributed by atoms with van der Waals surface area (Å²) in [5.74, 6) is -2.89. The minimum atomic E-state index is -1.22. The summed E-state index contributed by atoms with van der Waals surface area (Å²) in [6, 6.07) is 7.37. The van der Waals surface area contributed by atoms with Crippen LogP contribution in [0.3, 0.4) is 0 Å². The van der Waals surface area contributed by atoms with Crippen molar-refractivity contribution in [2.75, 3.05) is 19.8 Å². The zero-order valence-electron chi connectivity index (χ0n) is 25.7. The first-order chi connectivity index (χ1) is 20.1. The molecule has 0 aromatic heterocycles. The average Bonchev–Trinajstić information content (AvgIpc) is 3.49. The van der Waals surface area contributed by atoms with Gasteiger partial charge in [-0.25, -0.2) is 0 Å². The third kappa shape index (κ3) is 5.32. The maximum Gasteiger partial charge on any atom is 0.312 e. The zero-order chi connectivity index (χ0) is 30.7. The predicted molar refractivity (Wildman–Crippen MR) is 161 cm³/mol. The van der Waals surface area contributed by atoms with Crippen LogP contribution in [0.1, 0.15) is 77.8 Å². The maximum atomic E-state index is 14.7. The summed E-state index contributed by atoms with van der Waals surface area (Å²) < 4.78 is 12.6. The molecule has 0 radical (unpaired) electrons. The number of esters is 1. The molecule has 3 aliphatic rings. The van der Waals surface area contributed by atoms with Crippen LogP contribution in [0.25, 0.3) is 0 Å². The number of amides is 2. The van der Waals surface area contributed by atoms with Crippen molar-refractivity contribution in [2.45, 2.75) is 95.5 Å². The third-order valence-corrected chi connectivity index (χ3v) is 9.83. The SMILES string of the molecule is C=CCCCCOC(=O)[C@H]1[C@H]2C(=O)N([C@H](CO)c3ccccc3)C(C(=O)N(CC=C)C(C)CCC)C23CC(C)[C@]1(C)O3. The number of likely N-dealkylation sites (tertiary alicyclic amines) is 1. The molecule has 3 fully saturated rings. The lowest BCUT2D eigenvalue weighted by molar-refractivity contribution is -0.164. The molecule has 3 heterocycles. The molecule has 4 rings (SSSR count). The molecule has 8 nitrogen and oxygen atoms in total. The van der Waals surface area contributed by atoms with Crippen LogP contribution in [0.5, 0.6) is 0 Å². The largest absolute Gasteiger partial charge is 0.465 e. The molecule has 1 aromatic carbocycles. The van der Waals surface area contributed by atoms with E-state index in [0.717, 1.165) is 31.2 Å². The van der Waals surface area contributed by atoms with Gasteiger partial charge in [-0.05, 0) is 57.4 Å². The molecule has 0 saturated carbocycles. The number of nitrogens with zero attached hydrogens (tertiary/aromatic N) is 2. The Hall–Kier alpha value is -2.97. The summed E-state index contributed by atoms with van der Waals surface area (Å²) in [5.41, 5.74) is -1.46. The number of hydrogen-bond donors (Lipinski definition) is 1. The van der Waals surface area contributed by atoms with Crippen LogP contribution in [-0.4, -0.2) is 75.7 Å². The van der Waals surface area contributed by atoms with Gasteiger partial charge >= 0.3 is 5.97 Å². The molecule has 3 aliphatic heterocycles. The molecule has 1 aromatic rings. The average molecular weight is 581 g/mol. The molecular formula is C34H48N2O6. The fraction of sp³-hybridized carbons (Fsp3) is 0.618. The number of unbranched alkanes of at least 4 members (excludes halogenated alkanes) is 2. The Kier molecular flexibility index (Phi) is 9.99. The van der Waals surface area contributed by atoms with Crippen LogP contribution >= 0.6 is 0 Å². The lowest BCUT2D eigenvalue weighted by Crippen LogP contribution is -2.58. The van der Waals surface area contributed by atoms with E-state index in [2.05, 4.69) is 20.1 Å². The Bertz CT molecular complexity index is 1160. The molecule has 8 heteroatoms. The quantitative estimate of drug-likeness (QED) is 0.181. The van der Waals surface area contributed by atoms with Gasteiger partial charge in [-0.2, -0.15) is 0 Å². The van der Waals surface area contributed by atoms with Gasteiger partial charge in [-0.15, -0.1) is 13.2 Å². The topological polar surface area (TPSA) is 96.4 Å². The molecule has 42 heavy (non-hydrogen) atoms. The van der Waals surface area contributed by atoms with Gasteiger partial charge < -0.3 is 24.4 Å². The Labute approximate surface area is 250 Å². The van der Waals surface area contributed by atoms with E-state index in [1.54, 1.807) is 11.0 Å². The van der Waals surface area contributed by atoms with Crippen molar-refractivity contribution in [3.8, 4) is 0 Å². The van der Waals surface area contributed by atoms with E-state index >= 15 is 0 Å². The molecule has 230 valence electrons. The number of hydrogen-bond acceptors (Lipinski definition) is 6. The van der Waals surface area contributed by atoms with Crippen molar-refractivity contribution < 1.29 is 29.0 Å². The molecular weight excluding hydrogens is 532 g/mol. The number of aliphatic hydroxyl groups excluding tert-OH is 1. The highest BCUT2D eigenvalue weighted by Gasteiger charge is 2.81. The molecule has 0 aliphatic carbocycles. The molecule has 1 N–H and O–H groups in total. The lowest BCUT2D eigenvalue weighted by atomic mass is 9.62. The van der Waals surface area contributed by atoms with Crippen LogP contribution < -0.4 is 0 Å². The van der Waals surface area contributed by atoms with Crippen molar-refractivity contribution >= 4 is 17.8 Å². The first kappa shape index (κ1) is 32.0. The first-order valence-electron chi connectivity index (χ1n) is 15.5. The Morgan fingerprint density at radius 3 is 2.57 bits per heavy atom. The van der Waals surface area contributed by atoms with Crippen LogP contribution in [-0.2, 0) is 23.9 Å². The van der Waals surface area contributed by atoms with Crippen LogP contribution in [0.15, 0.2) is 55.6 Å². The van der Waals surface area contributed by atoms with Crippen molar-refractivity contribution in [3.05, 3.63) is 61.2 Å². The smallest absolute Gasteiger partial charge is 0.312 e. The fourth-order valence-corrected chi connectivity index (χ4v) is 7.69. The number of ether oxygens (including phenoxy) is 2. The van der Waals surface area contributed by atoms with Crippen molar-refractivity contribution in [2.24, 2.45) is 17.8 Å². The van der Waals surface area contributed by atoms with Crippen LogP contribution in [0.2, 0.25) is 0 Å². The second-order valence-electron chi connectivity index (χ2n) is 12.4. The number of carbonyl (C=O) groups is 3. The molecule has 4 unspecified atom stereocenters. The van der Waals surface area contributed by atoms with Crippen molar-refractivity contribution in [1.82, 2.24) is 9.80 Å². The van der Waals surface area contributed by atoms with Gasteiger partial charge in [0.15, 0.2) is 0 Å². The van der Waals surface area contributed by atoms with E-state index in [1.165, 1.54) is 4.90 Å². The number of benzene rings is 1. The summed E-state index contributed by atoms with van der Waals surface area (Å²) in [6.45, 7) is 15.8. The molecule has 3 saturated heterocycles. The normalized spacial score (nSPS) is 31.0. The predicted octanol–water partition coefficient (Wildman–Crippen LogP) is 4.83. The molecule has 8 atom stereocenters. The third-order valence-electron chi connectivity index (χ3n) is 9.83. The Balaban J connectivity index is 1.80. The summed E-state index contributed by atoms with van der Waals surface area (Å²) >= 11 is 0. The summed E-state index contributed by atoms with van der Waals surface area (Å²) in [4.78, 5) is 46.5. The van der Waals surface area contributed by atoms with Crippen molar-refractivity contribution in [1.29, 1.82) is 0 Å². The van der Waals surface area contributed by atoms with Gasteiger partial charge in [-0.1, -0.05) is 62.8 Å². The summed E-state index contributed by atoms with van der Waals surface area (Å²) in [6.07, 6.45) is 8.04. The van der Waals surface area contributed by atoms with Gasteiger partial charge in [0.25, 0.3) is 0 Å². The lowest BCUT2D eigenvalue weighted by Gasteiger charge is -2.41. The van der Waals surface area contributed by atoms with Gasteiger partial charge in [0.1, 0.15) is 17.6 Å². The number of allylic oxidation sites excluding steroid dienone is 1. The van der Waals surface area contributed by atoms with E-state index in [4.69, 9.17) is 9.47 Å². The highest BCUT2D eigenvalue weighted by molar-refractivity contribution is 5.99. The fourth-order valence-electron chi connectivity index (χ4n) is 7.69. The molecule has 2 amide bonds. The first-order valence-corrected chi connectivity index (χ1v) is 15.5. The summed E-state index contributed by atoms with van der Waals surface area (Å²) in [5, 5.41) is 10.7. The van der Waals surface area contributed by atoms with E-state index < -0.39 is 41.1 Å². The van der Waals surface area contributed by atoms with Gasteiger partial charge in [-0.3, -0.25) is 14.4 Å².